The first-order valence-corrected chi connectivity index (χ1v) is 5.50. The van der Waals surface area contributed by atoms with Crippen molar-refractivity contribution in [2.45, 2.75) is 6.61 Å². The molecule has 2 aromatic rings. The Labute approximate surface area is 106 Å². The van der Waals surface area contributed by atoms with Gasteiger partial charge in [-0.05, 0) is 18.2 Å². The van der Waals surface area contributed by atoms with Crippen molar-refractivity contribution >= 4 is 5.82 Å². The van der Waals surface area contributed by atoms with Crippen LogP contribution in [0.4, 0.5) is 5.82 Å². The molecule has 0 aliphatic heterocycles. The summed E-state index contributed by atoms with van der Waals surface area (Å²) in [6.07, 6.45) is 1.72. The van der Waals surface area contributed by atoms with Crippen molar-refractivity contribution < 1.29 is 9.47 Å². The van der Waals surface area contributed by atoms with Crippen molar-refractivity contribution in [2.24, 2.45) is 5.84 Å². The smallest absolute Gasteiger partial charge is 0.139 e. The first-order valence-electron chi connectivity index (χ1n) is 5.50. The molecule has 94 valence electrons. The first-order chi connectivity index (χ1) is 8.81. The number of rotatable bonds is 5. The van der Waals surface area contributed by atoms with E-state index in [1.54, 1.807) is 19.4 Å². The van der Waals surface area contributed by atoms with Gasteiger partial charge >= 0.3 is 0 Å². The second kappa shape index (κ2) is 5.88. The summed E-state index contributed by atoms with van der Waals surface area (Å²) in [5.41, 5.74) is 3.44. The molecule has 0 saturated heterocycles. The van der Waals surface area contributed by atoms with Gasteiger partial charge in [-0.1, -0.05) is 12.1 Å². The molecule has 5 nitrogen and oxygen atoms in total. The highest BCUT2D eigenvalue weighted by Gasteiger charge is 1.99. The fraction of sp³-hybridized carbons (Fsp3) is 0.154. The zero-order chi connectivity index (χ0) is 12.8. The van der Waals surface area contributed by atoms with Crippen LogP contribution in [-0.4, -0.2) is 12.1 Å². The molecule has 3 N–H and O–H groups in total. The van der Waals surface area contributed by atoms with E-state index in [-0.39, 0.29) is 0 Å². The van der Waals surface area contributed by atoms with E-state index in [0.717, 1.165) is 17.1 Å². The summed E-state index contributed by atoms with van der Waals surface area (Å²) in [4.78, 5) is 4.10. The molecule has 0 saturated carbocycles. The number of aromatic nitrogens is 1. The van der Waals surface area contributed by atoms with E-state index < -0.39 is 0 Å². The van der Waals surface area contributed by atoms with Crippen LogP contribution < -0.4 is 20.7 Å². The van der Waals surface area contributed by atoms with E-state index >= 15 is 0 Å². The predicted octanol–water partition coefficient (Wildman–Crippen LogP) is 1.95. The molecule has 0 atom stereocenters. The van der Waals surface area contributed by atoms with E-state index in [4.69, 9.17) is 15.3 Å². The van der Waals surface area contributed by atoms with Gasteiger partial charge in [-0.15, -0.1) is 0 Å². The number of anilines is 1. The number of nitrogens with two attached hydrogens (primary N) is 1. The third-order valence-corrected chi connectivity index (χ3v) is 2.42. The number of hydrazine groups is 1. The second-order valence-corrected chi connectivity index (χ2v) is 3.66. The number of nitrogens with zero attached hydrogens (tertiary/aromatic N) is 1. The van der Waals surface area contributed by atoms with Crippen LogP contribution in [-0.2, 0) is 6.61 Å². The van der Waals surface area contributed by atoms with Crippen molar-refractivity contribution in [3.8, 4) is 11.5 Å². The van der Waals surface area contributed by atoms with Crippen LogP contribution >= 0.6 is 0 Å². The molecule has 0 aliphatic rings. The summed E-state index contributed by atoms with van der Waals surface area (Å²) < 4.78 is 10.8. The monoisotopic (exact) mass is 245 g/mol. The molecule has 0 unspecified atom stereocenters. The molecule has 2 rings (SSSR count). The maximum Gasteiger partial charge on any atom is 0.139 e. The van der Waals surface area contributed by atoms with Gasteiger partial charge in [-0.2, -0.15) is 0 Å². The van der Waals surface area contributed by atoms with Gasteiger partial charge in [0.15, 0.2) is 0 Å². The number of benzene rings is 1. The molecule has 1 aromatic carbocycles. The van der Waals surface area contributed by atoms with Crippen LogP contribution in [0.2, 0.25) is 0 Å². The number of nitrogens with one attached hydrogen (secondary N) is 1. The standard InChI is InChI=1S/C13H15N3O2/c1-17-11-3-2-4-12(7-11)18-9-10-5-6-13(16-14)15-8-10/h2-8H,9,14H2,1H3,(H,15,16). The number of hydrogen-bond donors (Lipinski definition) is 2. The highest BCUT2D eigenvalue weighted by atomic mass is 16.5. The lowest BCUT2D eigenvalue weighted by molar-refractivity contribution is 0.303. The molecule has 1 aromatic heterocycles. The number of hydrogen-bond acceptors (Lipinski definition) is 5. The quantitative estimate of drug-likeness (QED) is 0.622. The Morgan fingerprint density at radius 2 is 2.06 bits per heavy atom. The number of nitrogen functional groups attached to an aromatic ring is 1. The summed E-state index contributed by atoms with van der Waals surface area (Å²) in [7, 11) is 1.63. The summed E-state index contributed by atoms with van der Waals surface area (Å²) in [5, 5.41) is 0. The zero-order valence-corrected chi connectivity index (χ0v) is 10.1. The summed E-state index contributed by atoms with van der Waals surface area (Å²) in [6, 6.07) is 11.2. The average Bonchev–Trinajstić information content (AvgIpc) is 2.46. The lowest BCUT2D eigenvalue weighted by atomic mass is 10.3. The highest BCUT2D eigenvalue weighted by molar-refractivity contribution is 5.35. The van der Waals surface area contributed by atoms with E-state index in [1.807, 2.05) is 30.3 Å². The van der Waals surface area contributed by atoms with Crippen LogP contribution in [0.5, 0.6) is 11.5 Å². The van der Waals surface area contributed by atoms with Crippen LogP contribution in [0.25, 0.3) is 0 Å². The fourth-order valence-electron chi connectivity index (χ4n) is 1.45. The van der Waals surface area contributed by atoms with Gasteiger partial charge in [-0.3, -0.25) is 0 Å². The molecule has 0 radical (unpaired) electrons. The Kier molecular flexibility index (Phi) is 3.98. The molecule has 1 heterocycles. The summed E-state index contributed by atoms with van der Waals surface area (Å²) >= 11 is 0. The molecular formula is C13H15N3O2. The molecule has 0 fully saturated rings. The minimum atomic E-state index is 0.449. The predicted molar refractivity (Wildman–Crippen MR) is 69.4 cm³/mol. The molecule has 0 bridgehead atoms. The van der Waals surface area contributed by atoms with Gasteiger partial charge < -0.3 is 14.9 Å². The van der Waals surface area contributed by atoms with Crippen LogP contribution in [0, 0.1) is 0 Å². The Morgan fingerprint density at radius 3 is 2.72 bits per heavy atom. The molecular weight excluding hydrogens is 230 g/mol. The normalized spacial score (nSPS) is 9.89. The Morgan fingerprint density at radius 1 is 1.22 bits per heavy atom. The SMILES string of the molecule is COc1cccc(OCc2ccc(NN)nc2)c1. The van der Waals surface area contributed by atoms with E-state index in [9.17, 15) is 0 Å². The topological polar surface area (TPSA) is 69.4 Å². The summed E-state index contributed by atoms with van der Waals surface area (Å²) in [5.74, 6) is 7.40. The van der Waals surface area contributed by atoms with Gasteiger partial charge in [0.05, 0.1) is 7.11 Å². The molecule has 5 heteroatoms. The maximum absolute atomic E-state index is 5.64. The number of methoxy groups -OCH3 is 1. The van der Waals surface area contributed by atoms with Crippen molar-refractivity contribution in [1.82, 2.24) is 4.98 Å². The molecule has 18 heavy (non-hydrogen) atoms. The minimum Gasteiger partial charge on any atom is -0.497 e. The van der Waals surface area contributed by atoms with E-state index in [1.165, 1.54) is 0 Å². The van der Waals surface area contributed by atoms with Gasteiger partial charge in [0, 0.05) is 17.8 Å². The third-order valence-electron chi connectivity index (χ3n) is 2.42. The Hall–Kier alpha value is -2.27. The summed E-state index contributed by atoms with van der Waals surface area (Å²) in [6.45, 7) is 0.449. The van der Waals surface area contributed by atoms with Crippen LogP contribution in [0.15, 0.2) is 42.6 Å². The largest absolute Gasteiger partial charge is 0.497 e. The highest BCUT2D eigenvalue weighted by Crippen LogP contribution is 2.19. The zero-order valence-electron chi connectivity index (χ0n) is 10.1. The minimum absolute atomic E-state index is 0.449. The molecule has 0 amide bonds. The van der Waals surface area contributed by atoms with Crippen LogP contribution in [0.3, 0.4) is 0 Å². The average molecular weight is 245 g/mol. The number of pyridine rings is 1. The first kappa shape index (κ1) is 12.2. The van der Waals surface area contributed by atoms with Crippen molar-refractivity contribution in [3.05, 3.63) is 48.2 Å². The van der Waals surface area contributed by atoms with Gasteiger partial charge in [0.1, 0.15) is 23.9 Å². The number of ether oxygens (including phenoxy) is 2. The lowest BCUT2D eigenvalue weighted by Crippen LogP contribution is -2.08. The van der Waals surface area contributed by atoms with Gasteiger partial charge in [0.2, 0.25) is 0 Å². The second-order valence-electron chi connectivity index (χ2n) is 3.66. The Bertz CT molecular complexity index is 500. The van der Waals surface area contributed by atoms with E-state index in [2.05, 4.69) is 10.4 Å². The molecule has 0 aliphatic carbocycles. The maximum atomic E-state index is 5.64. The van der Waals surface area contributed by atoms with Crippen molar-refractivity contribution in [3.63, 3.8) is 0 Å². The third kappa shape index (κ3) is 3.11. The van der Waals surface area contributed by atoms with E-state index in [0.29, 0.717) is 12.4 Å². The Balaban J connectivity index is 1.97. The molecule has 0 spiro atoms. The fourth-order valence-corrected chi connectivity index (χ4v) is 1.45. The van der Waals surface area contributed by atoms with Gasteiger partial charge in [-0.25, -0.2) is 10.8 Å². The lowest BCUT2D eigenvalue weighted by Gasteiger charge is -2.08. The van der Waals surface area contributed by atoms with Crippen LogP contribution in [0.1, 0.15) is 5.56 Å². The van der Waals surface area contributed by atoms with Crippen molar-refractivity contribution in [1.29, 1.82) is 0 Å². The van der Waals surface area contributed by atoms with Gasteiger partial charge in [0.25, 0.3) is 0 Å². The van der Waals surface area contributed by atoms with Crippen molar-refractivity contribution in [2.75, 3.05) is 12.5 Å².